The van der Waals surface area contributed by atoms with Gasteiger partial charge in [0.2, 0.25) is 0 Å². The Kier molecular flexibility index (Phi) is 6.75. The van der Waals surface area contributed by atoms with Gasteiger partial charge in [0, 0.05) is 31.9 Å². The fourth-order valence-corrected chi connectivity index (χ4v) is 3.31. The smallest absolute Gasteiger partial charge is 0.306 e. The standard InChI is InChI=1S/C18H26N2O5/c1-4-19(15-7-9-25-10-8-15)16-6-5-14(12-17(16)20(22)23)13(2)11-18(21)24-3/h5-6,12-13,15H,4,7-11H2,1-3H3. The number of benzene rings is 1. The second kappa shape index (κ2) is 8.80. The van der Waals surface area contributed by atoms with Crippen LogP contribution in [0, 0.1) is 10.1 Å². The van der Waals surface area contributed by atoms with Crippen molar-refractivity contribution >= 4 is 17.3 Å². The lowest BCUT2D eigenvalue weighted by molar-refractivity contribution is -0.384. The van der Waals surface area contributed by atoms with E-state index in [1.165, 1.54) is 7.11 Å². The zero-order valence-electron chi connectivity index (χ0n) is 15.1. The van der Waals surface area contributed by atoms with Gasteiger partial charge >= 0.3 is 5.97 Å². The van der Waals surface area contributed by atoms with Gasteiger partial charge in [0.25, 0.3) is 5.69 Å². The molecule has 1 aromatic carbocycles. The molecular formula is C18H26N2O5. The third-order valence-electron chi connectivity index (χ3n) is 4.75. The average Bonchev–Trinajstić information content (AvgIpc) is 2.63. The van der Waals surface area contributed by atoms with E-state index >= 15 is 0 Å². The predicted octanol–water partition coefficient (Wildman–Crippen LogP) is 3.27. The first-order valence-electron chi connectivity index (χ1n) is 8.67. The van der Waals surface area contributed by atoms with E-state index in [0.29, 0.717) is 25.4 Å². The van der Waals surface area contributed by atoms with E-state index in [1.54, 1.807) is 12.1 Å². The summed E-state index contributed by atoms with van der Waals surface area (Å²) in [6.45, 7) is 5.94. The first-order chi connectivity index (χ1) is 12.0. The molecule has 0 saturated carbocycles. The van der Waals surface area contributed by atoms with Crippen LogP contribution in [0.5, 0.6) is 0 Å². The maximum Gasteiger partial charge on any atom is 0.306 e. The number of carbonyl (C=O) groups excluding carboxylic acids is 1. The Balaban J connectivity index is 2.31. The van der Waals surface area contributed by atoms with Crippen LogP contribution in [-0.4, -0.2) is 43.8 Å². The summed E-state index contributed by atoms with van der Waals surface area (Å²) < 4.78 is 10.1. The van der Waals surface area contributed by atoms with Gasteiger partial charge in [0.15, 0.2) is 0 Å². The molecule has 1 aliphatic heterocycles. The number of nitro benzene ring substituents is 1. The molecule has 0 radical (unpaired) electrons. The van der Waals surface area contributed by atoms with Crippen LogP contribution < -0.4 is 4.90 Å². The Bertz CT molecular complexity index is 613. The average molecular weight is 350 g/mol. The van der Waals surface area contributed by atoms with Crippen LogP contribution >= 0.6 is 0 Å². The minimum absolute atomic E-state index is 0.0857. The van der Waals surface area contributed by atoms with E-state index in [2.05, 4.69) is 9.64 Å². The molecule has 0 amide bonds. The molecule has 25 heavy (non-hydrogen) atoms. The minimum Gasteiger partial charge on any atom is -0.469 e. The lowest BCUT2D eigenvalue weighted by Crippen LogP contribution is -2.39. The molecule has 1 heterocycles. The number of ether oxygens (including phenoxy) is 2. The Morgan fingerprint density at radius 1 is 1.44 bits per heavy atom. The number of esters is 1. The van der Waals surface area contributed by atoms with Gasteiger partial charge in [-0.3, -0.25) is 14.9 Å². The van der Waals surface area contributed by atoms with Gasteiger partial charge in [0.05, 0.1) is 18.5 Å². The van der Waals surface area contributed by atoms with Crippen molar-refractivity contribution in [3.63, 3.8) is 0 Å². The van der Waals surface area contributed by atoms with Crippen molar-refractivity contribution in [3.05, 3.63) is 33.9 Å². The third kappa shape index (κ3) is 4.69. The first kappa shape index (κ1) is 19.2. The van der Waals surface area contributed by atoms with E-state index in [4.69, 9.17) is 4.74 Å². The summed E-state index contributed by atoms with van der Waals surface area (Å²) in [4.78, 5) is 24.9. The summed E-state index contributed by atoms with van der Waals surface area (Å²) in [5, 5.41) is 11.6. The molecule has 1 aliphatic rings. The van der Waals surface area contributed by atoms with E-state index in [9.17, 15) is 14.9 Å². The number of nitro groups is 1. The highest BCUT2D eigenvalue weighted by Gasteiger charge is 2.27. The third-order valence-corrected chi connectivity index (χ3v) is 4.75. The molecule has 1 saturated heterocycles. The number of carbonyl (C=O) groups is 1. The zero-order valence-corrected chi connectivity index (χ0v) is 15.1. The lowest BCUT2D eigenvalue weighted by atomic mass is 9.96. The van der Waals surface area contributed by atoms with Crippen LogP contribution in [-0.2, 0) is 14.3 Å². The number of methoxy groups -OCH3 is 1. The molecule has 1 unspecified atom stereocenters. The molecular weight excluding hydrogens is 324 g/mol. The SMILES string of the molecule is CCN(c1ccc(C(C)CC(=O)OC)cc1[N+](=O)[O-])C1CCOCC1. The van der Waals surface area contributed by atoms with Crippen molar-refractivity contribution in [1.82, 2.24) is 0 Å². The normalized spacial score (nSPS) is 16.3. The van der Waals surface area contributed by atoms with Crippen LogP contribution in [0.25, 0.3) is 0 Å². The fourth-order valence-electron chi connectivity index (χ4n) is 3.31. The van der Waals surface area contributed by atoms with Gasteiger partial charge in [-0.2, -0.15) is 0 Å². The summed E-state index contributed by atoms with van der Waals surface area (Å²) in [7, 11) is 1.34. The lowest BCUT2D eigenvalue weighted by Gasteiger charge is -2.35. The highest BCUT2D eigenvalue weighted by atomic mass is 16.6. The van der Waals surface area contributed by atoms with Gasteiger partial charge in [0.1, 0.15) is 5.69 Å². The van der Waals surface area contributed by atoms with Crippen molar-refractivity contribution in [3.8, 4) is 0 Å². The number of rotatable bonds is 7. The largest absolute Gasteiger partial charge is 0.469 e. The summed E-state index contributed by atoms with van der Waals surface area (Å²) in [6, 6.07) is 5.51. The van der Waals surface area contributed by atoms with E-state index in [0.717, 1.165) is 18.4 Å². The summed E-state index contributed by atoms with van der Waals surface area (Å²) in [5.41, 5.74) is 1.49. The highest BCUT2D eigenvalue weighted by molar-refractivity contribution is 5.71. The second-order valence-electron chi connectivity index (χ2n) is 6.32. The van der Waals surface area contributed by atoms with Crippen LogP contribution in [0.2, 0.25) is 0 Å². The zero-order chi connectivity index (χ0) is 18.4. The maximum atomic E-state index is 11.6. The molecule has 0 spiro atoms. The molecule has 0 aliphatic carbocycles. The van der Waals surface area contributed by atoms with Crippen molar-refractivity contribution in [2.24, 2.45) is 0 Å². The van der Waals surface area contributed by atoms with Crippen LogP contribution in [0.15, 0.2) is 18.2 Å². The Morgan fingerprint density at radius 2 is 2.12 bits per heavy atom. The molecule has 1 fully saturated rings. The predicted molar refractivity (Wildman–Crippen MR) is 95.0 cm³/mol. The molecule has 1 atom stereocenters. The van der Waals surface area contributed by atoms with Gasteiger partial charge in [-0.1, -0.05) is 13.0 Å². The first-order valence-corrected chi connectivity index (χ1v) is 8.67. The summed E-state index contributed by atoms with van der Waals surface area (Å²) in [5.74, 6) is -0.463. The molecule has 7 heteroatoms. The minimum atomic E-state index is -0.342. The van der Waals surface area contributed by atoms with Crippen molar-refractivity contribution < 1.29 is 19.2 Å². The van der Waals surface area contributed by atoms with Gasteiger partial charge in [-0.05, 0) is 37.3 Å². The van der Waals surface area contributed by atoms with E-state index < -0.39 is 0 Å². The van der Waals surface area contributed by atoms with Crippen molar-refractivity contribution in [2.45, 2.75) is 45.1 Å². The number of nitrogens with zero attached hydrogens (tertiary/aromatic N) is 2. The van der Waals surface area contributed by atoms with Crippen LogP contribution in [0.4, 0.5) is 11.4 Å². The van der Waals surface area contributed by atoms with Crippen LogP contribution in [0.1, 0.15) is 44.6 Å². The summed E-state index contributed by atoms with van der Waals surface area (Å²) in [6.07, 6.45) is 1.93. The molecule has 0 N–H and O–H groups in total. The molecule has 0 aromatic heterocycles. The molecule has 1 aromatic rings. The molecule has 7 nitrogen and oxygen atoms in total. The monoisotopic (exact) mass is 350 g/mol. The Morgan fingerprint density at radius 3 is 2.68 bits per heavy atom. The van der Waals surface area contributed by atoms with Gasteiger partial charge in [-0.15, -0.1) is 0 Å². The number of hydrogen-bond acceptors (Lipinski definition) is 6. The Hall–Kier alpha value is -2.15. The van der Waals surface area contributed by atoms with E-state index in [1.807, 2.05) is 19.9 Å². The maximum absolute atomic E-state index is 11.6. The highest BCUT2D eigenvalue weighted by Crippen LogP contribution is 2.35. The fraction of sp³-hybridized carbons (Fsp3) is 0.611. The number of anilines is 1. The quantitative estimate of drug-likeness (QED) is 0.426. The molecule has 2 rings (SSSR count). The molecule has 138 valence electrons. The number of hydrogen-bond donors (Lipinski definition) is 0. The topological polar surface area (TPSA) is 81.9 Å². The van der Waals surface area contributed by atoms with Crippen LogP contribution in [0.3, 0.4) is 0 Å². The van der Waals surface area contributed by atoms with Gasteiger partial charge < -0.3 is 14.4 Å². The van der Waals surface area contributed by atoms with Gasteiger partial charge in [-0.25, -0.2) is 0 Å². The Labute approximate surface area is 148 Å². The van der Waals surface area contributed by atoms with Crippen molar-refractivity contribution in [1.29, 1.82) is 0 Å². The summed E-state index contributed by atoms with van der Waals surface area (Å²) >= 11 is 0. The van der Waals surface area contributed by atoms with E-state index in [-0.39, 0.29) is 35.0 Å². The molecule has 0 bridgehead atoms. The van der Waals surface area contributed by atoms with Crippen molar-refractivity contribution in [2.75, 3.05) is 31.8 Å². The second-order valence-corrected chi connectivity index (χ2v) is 6.32.